The lowest BCUT2D eigenvalue weighted by atomic mass is 9.93. The van der Waals surface area contributed by atoms with E-state index in [4.69, 9.17) is 4.98 Å². The zero-order chi connectivity index (χ0) is 20.6. The molecule has 2 aromatic heterocycles. The molecule has 1 amide bonds. The fraction of sp³-hybridized carbons (Fsp3) is 0.240. The van der Waals surface area contributed by atoms with Crippen LogP contribution in [0.5, 0.6) is 0 Å². The Morgan fingerprint density at radius 1 is 1.03 bits per heavy atom. The van der Waals surface area contributed by atoms with Crippen molar-refractivity contribution in [3.8, 4) is 0 Å². The number of hydrogen-bond donors (Lipinski definition) is 1. The summed E-state index contributed by atoms with van der Waals surface area (Å²) in [6.07, 6.45) is 8.34. The zero-order valence-corrected chi connectivity index (χ0v) is 16.9. The highest BCUT2D eigenvalue weighted by atomic mass is 16.2. The quantitative estimate of drug-likeness (QED) is 0.611. The minimum Gasteiger partial charge on any atom is -0.339 e. The first-order valence-electron chi connectivity index (χ1n) is 10.4. The SMILES string of the molecule is O=C(/C=C/c1ccccc1)N1CCCC(Cc2cccc(Nc3ccccn3)n2)C1. The lowest BCUT2D eigenvalue weighted by molar-refractivity contribution is -0.127. The standard InChI is InChI=1S/C25H26N4O/c30-25(15-14-20-8-2-1-3-9-20)29-17-7-10-21(19-29)18-22-11-6-13-24(27-22)28-23-12-4-5-16-26-23/h1-6,8-9,11-16,21H,7,10,17-19H2,(H,26,27,28)/b15-14+. The van der Waals surface area contributed by atoms with Gasteiger partial charge in [0.15, 0.2) is 0 Å². The molecule has 3 aromatic rings. The molecule has 1 aliphatic rings. The molecule has 0 spiro atoms. The van der Waals surface area contributed by atoms with E-state index in [1.54, 1.807) is 12.3 Å². The molecule has 30 heavy (non-hydrogen) atoms. The van der Waals surface area contributed by atoms with Gasteiger partial charge in [0, 0.05) is 31.1 Å². The van der Waals surface area contributed by atoms with Crippen molar-refractivity contribution in [3.05, 3.63) is 90.3 Å². The van der Waals surface area contributed by atoms with E-state index in [0.717, 1.165) is 55.2 Å². The Balaban J connectivity index is 1.35. The number of carbonyl (C=O) groups excluding carboxylic acids is 1. The first-order chi connectivity index (χ1) is 14.8. The summed E-state index contributed by atoms with van der Waals surface area (Å²) in [4.78, 5) is 23.6. The number of aromatic nitrogens is 2. The van der Waals surface area contributed by atoms with Gasteiger partial charge in [0.05, 0.1) is 0 Å². The molecule has 0 aliphatic carbocycles. The summed E-state index contributed by atoms with van der Waals surface area (Å²) in [6.45, 7) is 1.60. The molecule has 0 radical (unpaired) electrons. The van der Waals surface area contributed by atoms with E-state index in [0.29, 0.717) is 5.92 Å². The second-order valence-corrected chi connectivity index (χ2v) is 7.59. The number of carbonyl (C=O) groups is 1. The minimum absolute atomic E-state index is 0.0853. The molecular weight excluding hydrogens is 372 g/mol. The van der Waals surface area contributed by atoms with E-state index < -0.39 is 0 Å². The molecule has 3 heterocycles. The van der Waals surface area contributed by atoms with Crippen molar-refractivity contribution in [1.82, 2.24) is 14.9 Å². The third-order valence-corrected chi connectivity index (χ3v) is 5.27. The molecule has 5 nitrogen and oxygen atoms in total. The van der Waals surface area contributed by atoms with Crippen molar-refractivity contribution in [2.24, 2.45) is 5.92 Å². The fourth-order valence-corrected chi connectivity index (χ4v) is 3.80. The van der Waals surface area contributed by atoms with Crippen molar-refractivity contribution < 1.29 is 4.79 Å². The molecule has 1 aliphatic heterocycles. The van der Waals surface area contributed by atoms with Crippen molar-refractivity contribution in [2.75, 3.05) is 18.4 Å². The normalized spacial score (nSPS) is 16.5. The number of hydrogen-bond acceptors (Lipinski definition) is 4. The van der Waals surface area contributed by atoms with Crippen LogP contribution in [0.25, 0.3) is 6.08 Å². The largest absolute Gasteiger partial charge is 0.339 e. The molecule has 1 atom stereocenters. The average Bonchev–Trinajstić information content (AvgIpc) is 2.79. The number of anilines is 2. The number of amides is 1. The summed E-state index contributed by atoms with van der Waals surface area (Å²) in [7, 11) is 0. The van der Waals surface area contributed by atoms with E-state index in [1.165, 1.54) is 0 Å². The maximum Gasteiger partial charge on any atom is 0.246 e. The lowest BCUT2D eigenvalue weighted by Gasteiger charge is -2.32. The molecule has 0 saturated carbocycles. The summed E-state index contributed by atoms with van der Waals surface area (Å²) < 4.78 is 0. The van der Waals surface area contributed by atoms with E-state index in [2.05, 4.69) is 16.4 Å². The van der Waals surface area contributed by atoms with Crippen LogP contribution in [0.1, 0.15) is 24.1 Å². The number of piperidine rings is 1. The minimum atomic E-state index is 0.0853. The lowest BCUT2D eigenvalue weighted by Crippen LogP contribution is -2.39. The third-order valence-electron chi connectivity index (χ3n) is 5.27. The molecule has 152 valence electrons. The van der Waals surface area contributed by atoms with Crippen LogP contribution in [0.2, 0.25) is 0 Å². The highest BCUT2D eigenvalue weighted by Crippen LogP contribution is 2.22. The molecule has 0 bridgehead atoms. The van der Waals surface area contributed by atoms with Crippen LogP contribution >= 0.6 is 0 Å². The number of likely N-dealkylation sites (tertiary alicyclic amines) is 1. The fourth-order valence-electron chi connectivity index (χ4n) is 3.80. The van der Waals surface area contributed by atoms with Crippen molar-refractivity contribution in [2.45, 2.75) is 19.3 Å². The first-order valence-corrected chi connectivity index (χ1v) is 10.4. The summed E-state index contributed by atoms with van der Waals surface area (Å²) in [5.74, 6) is 2.08. The topological polar surface area (TPSA) is 58.1 Å². The van der Waals surface area contributed by atoms with Gasteiger partial charge in [0.1, 0.15) is 11.6 Å². The first kappa shape index (κ1) is 19.8. The predicted molar refractivity (Wildman–Crippen MR) is 120 cm³/mol. The van der Waals surface area contributed by atoms with Gasteiger partial charge < -0.3 is 10.2 Å². The number of pyridine rings is 2. The van der Waals surface area contributed by atoms with Gasteiger partial charge in [-0.15, -0.1) is 0 Å². The highest BCUT2D eigenvalue weighted by molar-refractivity contribution is 5.91. The maximum atomic E-state index is 12.6. The second kappa shape index (κ2) is 9.83. The highest BCUT2D eigenvalue weighted by Gasteiger charge is 2.23. The molecule has 1 unspecified atom stereocenters. The van der Waals surface area contributed by atoms with Gasteiger partial charge in [0.2, 0.25) is 5.91 Å². The summed E-state index contributed by atoms with van der Waals surface area (Å²) in [5, 5.41) is 3.24. The number of rotatable bonds is 6. The van der Waals surface area contributed by atoms with Crippen LogP contribution in [-0.4, -0.2) is 33.9 Å². The Labute approximate surface area is 177 Å². The molecule has 1 N–H and O–H groups in total. The molecular formula is C25H26N4O. The van der Waals surface area contributed by atoms with Gasteiger partial charge in [-0.3, -0.25) is 4.79 Å². The van der Waals surface area contributed by atoms with E-state index in [-0.39, 0.29) is 5.91 Å². The Morgan fingerprint density at radius 2 is 1.87 bits per heavy atom. The van der Waals surface area contributed by atoms with Crippen molar-refractivity contribution in [3.63, 3.8) is 0 Å². The van der Waals surface area contributed by atoms with E-state index in [1.807, 2.05) is 71.6 Å². The van der Waals surface area contributed by atoms with Gasteiger partial charge in [-0.05, 0) is 61.1 Å². The summed E-state index contributed by atoms with van der Waals surface area (Å²) in [6, 6.07) is 21.7. The van der Waals surface area contributed by atoms with Crippen LogP contribution in [0, 0.1) is 5.92 Å². The van der Waals surface area contributed by atoms with Crippen LogP contribution < -0.4 is 5.32 Å². The van der Waals surface area contributed by atoms with Crippen LogP contribution in [-0.2, 0) is 11.2 Å². The van der Waals surface area contributed by atoms with Crippen molar-refractivity contribution >= 4 is 23.6 Å². The summed E-state index contributed by atoms with van der Waals surface area (Å²) >= 11 is 0. The second-order valence-electron chi connectivity index (χ2n) is 7.59. The summed E-state index contributed by atoms with van der Waals surface area (Å²) in [5.41, 5.74) is 2.08. The van der Waals surface area contributed by atoms with E-state index >= 15 is 0 Å². The van der Waals surface area contributed by atoms with Crippen LogP contribution in [0.15, 0.2) is 79.0 Å². The van der Waals surface area contributed by atoms with Gasteiger partial charge in [-0.25, -0.2) is 9.97 Å². The Kier molecular flexibility index (Phi) is 6.50. The number of nitrogens with zero attached hydrogens (tertiary/aromatic N) is 3. The smallest absolute Gasteiger partial charge is 0.246 e. The monoisotopic (exact) mass is 398 g/mol. The Bertz CT molecular complexity index is 988. The predicted octanol–water partition coefficient (Wildman–Crippen LogP) is 4.71. The number of nitrogens with one attached hydrogen (secondary N) is 1. The molecule has 5 heteroatoms. The molecule has 1 saturated heterocycles. The Hall–Kier alpha value is -3.47. The van der Waals surface area contributed by atoms with Crippen molar-refractivity contribution in [1.29, 1.82) is 0 Å². The zero-order valence-electron chi connectivity index (χ0n) is 16.9. The number of benzene rings is 1. The maximum absolute atomic E-state index is 12.6. The van der Waals surface area contributed by atoms with Gasteiger partial charge in [-0.2, -0.15) is 0 Å². The van der Waals surface area contributed by atoms with Crippen LogP contribution in [0.4, 0.5) is 11.6 Å². The molecule has 1 fully saturated rings. The Morgan fingerprint density at radius 3 is 2.70 bits per heavy atom. The average molecular weight is 399 g/mol. The molecule has 1 aromatic carbocycles. The third kappa shape index (κ3) is 5.54. The van der Waals surface area contributed by atoms with Gasteiger partial charge in [0.25, 0.3) is 0 Å². The molecule has 4 rings (SSSR count). The van der Waals surface area contributed by atoms with E-state index in [9.17, 15) is 4.79 Å². The van der Waals surface area contributed by atoms with Gasteiger partial charge in [-0.1, -0.05) is 42.5 Å². The van der Waals surface area contributed by atoms with Crippen LogP contribution in [0.3, 0.4) is 0 Å². The van der Waals surface area contributed by atoms with Gasteiger partial charge >= 0.3 is 0 Å².